The van der Waals surface area contributed by atoms with Gasteiger partial charge in [-0.2, -0.15) is 0 Å². The Morgan fingerprint density at radius 1 is 0.600 bits per heavy atom. The van der Waals surface area contributed by atoms with Crippen molar-refractivity contribution in [1.82, 2.24) is 24.6 Å². The van der Waals surface area contributed by atoms with Crippen LogP contribution in [0.2, 0.25) is 0 Å². The third-order valence-corrected chi connectivity index (χ3v) is 10.3. The van der Waals surface area contributed by atoms with Crippen molar-refractivity contribution in [2.24, 2.45) is 0 Å². The summed E-state index contributed by atoms with van der Waals surface area (Å²) in [6.45, 7) is 3.85. The summed E-state index contributed by atoms with van der Waals surface area (Å²) < 4.78 is 28.2. The molecule has 1 unspecified atom stereocenters. The van der Waals surface area contributed by atoms with Gasteiger partial charge in [0, 0.05) is 111 Å². The number of aromatic amines is 1. The number of carbonyl (C=O) groups excluding carboxylic acids is 5. The van der Waals surface area contributed by atoms with Crippen molar-refractivity contribution in [2.45, 2.75) is 12.3 Å². The quantitative estimate of drug-likeness (QED) is 0.182. The van der Waals surface area contributed by atoms with E-state index in [4.69, 9.17) is 0 Å². The van der Waals surface area contributed by atoms with Gasteiger partial charge >= 0.3 is 0 Å². The number of amides is 4. The van der Waals surface area contributed by atoms with Gasteiger partial charge in [-0.1, -0.05) is 48.5 Å². The van der Waals surface area contributed by atoms with E-state index in [0.29, 0.717) is 68.0 Å². The number of hydrogen-bond donors (Lipinski definition) is 2. The van der Waals surface area contributed by atoms with Crippen molar-refractivity contribution in [3.63, 3.8) is 0 Å². The van der Waals surface area contributed by atoms with Gasteiger partial charge in [0.15, 0.2) is 0 Å². The average Bonchev–Trinajstić information content (AvgIpc) is 3.87. The predicted octanol–water partition coefficient (Wildman–Crippen LogP) is 5.18. The number of piperazine rings is 2. The van der Waals surface area contributed by atoms with Gasteiger partial charge in [-0.25, -0.2) is 8.78 Å². The molecule has 11 nitrogen and oxygen atoms in total. The monoisotopic (exact) mass is 746 g/mol. The smallest absolute Gasteiger partial charge is 0.295 e. The van der Waals surface area contributed by atoms with E-state index in [1.807, 2.05) is 30.3 Å². The number of ketones is 1. The van der Waals surface area contributed by atoms with Crippen molar-refractivity contribution in [3.8, 4) is 0 Å². The molecule has 13 heteroatoms. The van der Waals surface area contributed by atoms with E-state index >= 15 is 0 Å². The molecule has 55 heavy (non-hydrogen) atoms. The number of anilines is 1. The van der Waals surface area contributed by atoms with Crippen LogP contribution in [0.5, 0.6) is 0 Å². The average molecular weight is 747 g/mol. The fourth-order valence-corrected chi connectivity index (χ4v) is 7.33. The van der Waals surface area contributed by atoms with Gasteiger partial charge in [-0.05, 0) is 48.5 Å². The van der Waals surface area contributed by atoms with Gasteiger partial charge in [0.1, 0.15) is 11.6 Å². The summed E-state index contributed by atoms with van der Waals surface area (Å²) >= 11 is 0. The standard InChI is InChI=1S/C21H18FN3O3.C21H22FN3O2/c22-16-7-4-8-17-18(16)15(13-23-17)19(26)21(28)25-11-9-24(10-12-25)20(27)14-5-2-1-3-6-14;22-17-7-4-8-18-20(17)16(14-23-18)13-19(26)24-9-11-25(12-10-24)21(27)15-5-2-1-3-6-15/h1-8,13,23H,9-12H2;1-8,16,23H,9-14H2. The molecule has 3 aliphatic rings. The summed E-state index contributed by atoms with van der Waals surface area (Å²) in [5, 5.41) is 3.30. The van der Waals surface area contributed by atoms with Crippen LogP contribution in [0.3, 0.4) is 0 Å². The molecule has 0 spiro atoms. The van der Waals surface area contributed by atoms with Gasteiger partial charge < -0.3 is 29.9 Å². The molecule has 0 saturated carbocycles. The third-order valence-electron chi connectivity index (χ3n) is 10.3. The molecule has 0 bridgehead atoms. The molecule has 5 aromatic rings. The fraction of sp³-hybridized carbons (Fsp3) is 0.262. The van der Waals surface area contributed by atoms with Crippen molar-refractivity contribution in [2.75, 3.05) is 64.2 Å². The molecule has 2 saturated heterocycles. The zero-order valence-electron chi connectivity index (χ0n) is 30.0. The summed E-state index contributed by atoms with van der Waals surface area (Å²) in [4.78, 5) is 72.4. The van der Waals surface area contributed by atoms with Crippen LogP contribution >= 0.6 is 0 Å². The highest BCUT2D eigenvalue weighted by atomic mass is 19.1. The van der Waals surface area contributed by atoms with Crippen molar-refractivity contribution in [3.05, 3.63) is 137 Å². The summed E-state index contributed by atoms with van der Waals surface area (Å²) in [5.74, 6) is -2.46. The molecular weight excluding hydrogens is 706 g/mol. The molecule has 3 aliphatic heterocycles. The molecule has 4 amide bonds. The number of nitrogens with one attached hydrogen (secondary N) is 2. The molecule has 2 N–H and O–H groups in total. The number of rotatable bonds is 6. The number of carbonyl (C=O) groups is 5. The molecule has 4 heterocycles. The van der Waals surface area contributed by atoms with Gasteiger partial charge in [0.2, 0.25) is 5.91 Å². The maximum absolute atomic E-state index is 14.1. The normalized spacial score (nSPS) is 16.5. The highest BCUT2D eigenvalue weighted by Gasteiger charge is 2.32. The molecule has 1 aromatic heterocycles. The molecule has 0 aliphatic carbocycles. The highest BCUT2D eigenvalue weighted by molar-refractivity contribution is 6.44. The number of hydrogen-bond acceptors (Lipinski definition) is 6. The lowest BCUT2D eigenvalue weighted by atomic mass is 9.96. The van der Waals surface area contributed by atoms with Gasteiger partial charge in [-0.15, -0.1) is 0 Å². The van der Waals surface area contributed by atoms with E-state index in [0.717, 1.165) is 5.69 Å². The van der Waals surface area contributed by atoms with Crippen LogP contribution in [0.25, 0.3) is 10.9 Å². The lowest BCUT2D eigenvalue weighted by molar-refractivity contribution is -0.133. The van der Waals surface area contributed by atoms with E-state index in [1.165, 1.54) is 29.3 Å². The van der Waals surface area contributed by atoms with Crippen LogP contribution in [0, 0.1) is 11.6 Å². The summed E-state index contributed by atoms with van der Waals surface area (Å²) in [5.41, 5.74) is 3.15. The van der Waals surface area contributed by atoms with Gasteiger partial charge in [-0.3, -0.25) is 24.0 Å². The Morgan fingerprint density at radius 2 is 1.13 bits per heavy atom. The van der Waals surface area contributed by atoms with Crippen LogP contribution in [0.4, 0.5) is 14.5 Å². The molecule has 282 valence electrons. The summed E-state index contributed by atoms with van der Waals surface area (Å²) in [7, 11) is 0. The Labute approximate surface area is 316 Å². The van der Waals surface area contributed by atoms with Crippen LogP contribution in [0.15, 0.2) is 103 Å². The van der Waals surface area contributed by atoms with E-state index in [-0.39, 0.29) is 59.9 Å². The predicted molar refractivity (Wildman–Crippen MR) is 203 cm³/mol. The molecule has 8 rings (SSSR count). The second-order valence-corrected chi connectivity index (χ2v) is 13.7. The second-order valence-electron chi connectivity index (χ2n) is 13.7. The number of fused-ring (bicyclic) bond motifs is 2. The Kier molecular flexibility index (Phi) is 11.0. The third kappa shape index (κ3) is 7.96. The molecular formula is C42H40F2N6O5. The Morgan fingerprint density at radius 3 is 1.73 bits per heavy atom. The Balaban J connectivity index is 0.000000169. The molecule has 1 atom stereocenters. The number of H-pyrrole nitrogens is 1. The van der Waals surface area contributed by atoms with Crippen molar-refractivity contribution < 1.29 is 32.8 Å². The van der Waals surface area contributed by atoms with E-state index in [9.17, 15) is 32.8 Å². The Bertz CT molecular complexity index is 2210. The maximum Gasteiger partial charge on any atom is 0.295 e. The summed E-state index contributed by atoms with van der Waals surface area (Å²) in [6.07, 6.45) is 1.65. The van der Waals surface area contributed by atoms with Crippen LogP contribution in [-0.4, -0.2) is 113 Å². The van der Waals surface area contributed by atoms with E-state index in [1.54, 1.807) is 63.2 Å². The maximum atomic E-state index is 14.1. The minimum absolute atomic E-state index is 0.00121. The van der Waals surface area contributed by atoms with Gasteiger partial charge in [0.25, 0.3) is 23.5 Å². The van der Waals surface area contributed by atoms with E-state index in [2.05, 4.69) is 10.3 Å². The number of halogens is 2. The zero-order chi connectivity index (χ0) is 38.5. The first-order chi connectivity index (χ1) is 26.7. The summed E-state index contributed by atoms with van der Waals surface area (Å²) in [6, 6.07) is 27.5. The zero-order valence-corrected chi connectivity index (χ0v) is 30.0. The largest absolute Gasteiger partial charge is 0.384 e. The number of Topliss-reactive ketones (excluding diaryl/α,β-unsaturated/α-hetero) is 1. The first-order valence-electron chi connectivity index (χ1n) is 18.3. The van der Waals surface area contributed by atoms with Gasteiger partial charge in [0.05, 0.1) is 5.56 Å². The lowest BCUT2D eigenvalue weighted by Gasteiger charge is -2.35. The second kappa shape index (κ2) is 16.3. The molecule has 4 aromatic carbocycles. The van der Waals surface area contributed by atoms with Crippen molar-refractivity contribution >= 4 is 46.0 Å². The highest BCUT2D eigenvalue weighted by Crippen LogP contribution is 2.36. The van der Waals surface area contributed by atoms with Crippen LogP contribution in [-0.2, 0) is 9.59 Å². The first-order valence-corrected chi connectivity index (χ1v) is 18.3. The minimum Gasteiger partial charge on any atom is -0.384 e. The fourth-order valence-electron chi connectivity index (χ4n) is 7.33. The Hall–Kier alpha value is -6.37. The molecule has 0 radical (unpaired) electrons. The first kappa shape index (κ1) is 37.0. The number of benzene rings is 4. The SMILES string of the molecule is O=C(C(=O)N1CCN(C(=O)c2ccccc2)CC1)c1c[nH]c2cccc(F)c12.O=C(CC1CNc2cccc(F)c21)N1CCN(C(=O)c2ccccc2)CC1. The van der Waals surface area contributed by atoms with Crippen LogP contribution < -0.4 is 5.32 Å². The van der Waals surface area contributed by atoms with E-state index < -0.39 is 17.5 Å². The number of aromatic nitrogens is 1. The van der Waals surface area contributed by atoms with Crippen LogP contribution in [0.1, 0.15) is 49.0 Å². The lowest BCUT2D eigenvalue weighted by Crippen LogP contribution is -2.52. The minimum atomic E-state index is -0.751. The number of nitrogens with zero attached hydrogens (tertiary/aromatic N) is 4. The topological polar surface area (TPSA) is 126 Å². The van der Waals surface area contributed by atoms with Crippen molar-refractivity contribution in [1.29, 1.82) is 0 Å². The molecule has 2 fully saturated rings.